The number of aromatic amines is 1. The summed E-state index contributed by atoms with van der Waals surface area (Å²) >= 11 is 0.996. The van der Waals surface area contributed by atoms with Crippen molar-refractivity contribution < 1.29 is 14.5 Å². The van der Waals surface area contributed by atoms with E-state index < -0.39 is 10.9 Å². The minimum Gasteiger partial charge on any atom is -0.456 e. The van der Waals surface area contributed by atoms with Gasteiger partial charge in [-0.2, -0.15) is 5.10 Å². The molecule has 0 bridgehead atoms. The number of hydrogen-bond donors (Lipinski definition) is 1. The third kappa shape index (κ3) is 2.67. The normalized spacial score (nSPS) is 10.1. The molecule has 7 nitrogen and oxygen atoms in total. The second-order valence-corrected chi connectivity index (χ2v) is 3.99. The van der Waals surface area contributed by atoms with Gasteiger partial charge in [0.15, 0.2) is 0 Å². The second-order valence-electron chi connectivity index (χ2n) is 3.10. The van der Waals surface area contributed by atoms with Crippen LogP contribution in [-0.2, 0) is 11.3 Å². The lowest BCUT2D eigenvalue weighted by atomic mass is 10.3. The average Bonchev–Trinajstić information content (AvgIpc) is 2.97. The van der Waals surface area contributed by atoms with E-state index in [9.17, 15) is 14.9 Å². The van der Waals surface area contributed by atoms with Crippen molar-refractivity contribution in [1.29, 1.82) is 0 Å². The lowest BCUT2D eigenvalue weighted by molar-refractivity contribution is -0.380. The zero-order valence-electron chi connectivity index (χ0n) is 8.45. The largest absolute Gasteiger partial charge is 0.456 e. The van der Waals surface area contributed by atoms with Crippen molar-refractivity contribution in [3.05, 3.63) is 45.1 Å². The van der Waals surface area contributed by atoms with Gasteiger partial charge in [-0.15, -0.1) is 0 Å². The fraction of sp³-hybridized carbons (Fsp3) is 0.111. The monoisotopic (exact) mass is 253 g/mol. The maximum Gasteiger partial charge on any atom is 0.356 e. The van der Waals surface area contributed by atoms with Gasteiger partial charge in [0.05, 0.1) is 4.92 Å². The molecule has 0 spiro atoms. The first-order chi connectivity index (χ1) is 8.16. The van der Waals surface area contributed by atoms with Crippen molar-refractivity contribution in [3.8, 4) is 0 Å². The van der Waals surface area contributed by atoms with E-state index >= 15 is 0 Å². The highest BCUT2D eigenvalue weighted by atomic mass is 32.1. The first-order valence-corrected chi connectivity index (χ1v) is 5.43. The minimum atomic E-state index is -0.545. The van der Waals surface area contributed by atoms with Crippen LogP contribution in [0.15, 0.2) is 23.7 Å². The Morgan fingerprint density at radius 1 is 1.65 bits per heavy atom. The molecule has 0 saturated heterocycles. The molecule has 2 rings (SSSR count). The molecule has 0 radical (unpaired) electrons. The summed E-state index contributed by atoms with van der Waals surface area (Å²) in [7, 11) is 0. The Morgan fingerprint density at radius 2 is 2.47 bits per heavy atom. The summed E-state index contributed by atoms with van der Waals surface area (Å²) in [6.45, 7) is 0.00218. The first kappa shape index (κ1) is 11.3. The molecule has 0 unspecified atom stereocenters. The maximum atomic E-state index is 11.4. The van der Waals surface area contributed by atoms with Crippen LogP contribution in [0.4, 0.5) is 5.00 Å². The third-order valence-corrected chi connectivity index (χ3v) is 2.84. The highest BCUT2D eigenvalue weighted by Crippen LogP contribution is 2.23. The van der Waals surface area contributed by atoms with Crippen molar-refractivity contribution in [2.24, 2.45) is 0 Å². The molecule has 2 aromatic rings. The number of nitro groups is 1. The second kappa shape index (κ2) is 4.74. The molecule has 88 valence electrons. The predicted molar refractivity (Wildman–Crippen MR) is 58.7 cm³/mol. The smallest absolute Gasteiger partial charge is 0.356 e. The molecule has 2 aromatic heterocycles. The highest BCUT2D eigenvalue weighted by Gasteiger charge is 2.12. The molecule has 2 heterocycles. The van der Waals surface area contributed by atoms with Gasteiger partial charge in [0, 0.05) is 23.2 Å². The van der Waals surface area contributed by atoms with Crippen LogP contribution in [0, 0.1) is 10.1 Å². The fourth-order valence-electron chi connectivity index (χ4n) is 1.13. The molecule has 8 heteroatoms. The Kier molecular flexibility index (Phi) is 3.15. The number of aromatic nitrogens is 2. The summed E-state index contributed by atoms with van der Waals surface area (Å²) < 4.78 is 4.94. The number of nitrogens with zero attached hydrogens (tertiary/aromatic N) is 2. The van der Waals surface area contributed by atoms with Crippen LogP contribution in [0.1, 0.15) is 16.1 Å². The standard InChI is InChI=1S/C9H7N3O4S/c13-9(7-1-2-10-11-7)16-4-6-3-8(12(14)15)17-5-6/h1-3,5H,4H2,(H,10,11). The van der Waals surface area contributed by atoms with Crippen molar-refractivity contribution in [3.63, 3.8) is 0 Å². The van der Waals surface area contributed by atoms with E-state index in [-0.39, 0.29) is 17.3 Å². The van der Waals surface area contributed by atoms with E-state index in [1.165, 1.54) is 18.3 Å². The minimum absolute atomic E-state index is 0.00218. The Morgan fingerprint density at radius 3 is 3.06 bits per heavy atom. The van der Waals surface area contributed by atoms with E-state index in [1.807, 2.05) is 0 Å². The Bertz CT molecular complexity index is 534. The SMILES string of the molecule is O=C(OCc1csc([N+](=O)[O-])c1)c1ccn[nH]1. The quantitative estimate of drug-likeness (QED) is 0.508. The van der Waals surface area contributed by atoms with Crippen LogP contribution in [0.5, 0.6) is 0 Å². The van der Waals surface area contributed by atoms with Gasteiger partial charge in [-0.3, -0.25) is 15.2 Å². The van der Waals surface area contributed by atoms with E-state index in [0.29, 0.717) is 5.56 Å². The van der Waals surface area contributed by atoms with E-state index in [0.717, 1.165) is 11.3 Å². The third-order valence-electron chi connectivity index (χ3n) is 1.91. The molecule has 17 heavy (non-hydrogen) atoms. The molecule has 0 fully saturated rings. The van der Waals surface area contributed by atoms with Gasteiger partial charge in [0.25, 0.3) is 0 Å². The van der Waals surface area contributed by atoms with Gasteiger partial charge in [-0.05, 0) is 6.07 Å². The van der Waals surface area contributed by atoms with Crippen molar-refractivity contribution in [1.82, 2.24) is 10.2 Å². The fourth-order valence-corrected chi connectivity index (χ4v) is 1.84. The molecule has 1 N–H and O–H groups in total. The average molecular weight is 253 g/mol. The van der Waals surface area contributed by atoms with Crippen LogP contribution in [0.2, 0.25) is 0 Å². The summed E-state index contributed by atoms with van der Waals surface area (Å²) in [4.78, 5) is 21.3. The number of thiophene rings is 1. The molecule has 0 saturated carbocycles. The number of carbonyl (C=O) groups is 1. The number of nitrogens with one attached hydrogen (secondary N) is 1. The Hall–Kier alpha value is -2.22. The molecular formula is C9H7N3O4S. The zero-order valence-corrected chi connectivity index (χ0v) is 9.27. The van der Waals surface area contributed by atoms with Gasteiger partial charge in [0.2, 0.25) is 0 Å². The summed E-state index contributed by atoms with van der Waals surface area (Å²) in [5.74, 6) is -0.545. The maximum absolute atomic E-state index is 11.4. The lowest BCUT2D eigenvalue weighted by Gasteiger charge is -1.99. The summed E-state index contributed by atoms with van der Waals surface area (Å²) in [5.41, 5.74) is 0.837. The molecule has 0 aliphatic heterocycles. The van der Waals surface area contributed by atoms with Gasteiger partial charge in [-0.1, -0.05) is 11.3 Å². The zero-order chi connectivity index (χ0) is 12.3. The van der Waals surface area contributed by atoms with Gasteiger partial charge >= 0.3 is 11.0 Å². The molecule has 0 aromatic carbocycles. The van der Waals surface area contributed by atoms with Crippen molar-refractivity contribution in [2.75, 3.05) is 0 Å². The van der Waals surface area contributed by atoms with Crippen molar-refractivity contribution >= 4 is 22.3 Å². The van der Waals surface area contributed by atoms with E-state index in [4.69, 9.17) is 4.74 Å². The van der Waals surface area contributed by atoms with Crippen LogP contribution >= 0.6 is 11.3 Å². The number of H-pyrrole nitrogens is 1. The number of esters is 1. The topological polar surface area (TPSA) is 98.1 Å². The van der Waals surface area contributed by atoms with E-state index in [2.05, 4.69) is 10.2 Å². The van der Waals surface area contributed by atoms with Gasteiger partial charge in [-0.25, -0.2) is 4.79 Å². The molecular weight excluding hydrogens is 246 g/mol. The number of rotatable bonds is 4. The van der Waals surface area contributed by atoms with Gasteiger partial charge < -0.3 is 4.74 Å². The molecule has 0 aliphatic rings. The summed E-state index contributed by atoms with van der Waals surface area (Å²) in [6.07, 6.45) is 1.44. The van der Waals surface area contributed by atoms with Crippen molar-refractivity contribution in [2.45, 2.75) is 6.61 Å². The first-order valence-electron chi connectivity index (χ1n) is 4.55. The molecule has 0 aliphatic carbocycles. The van der Waals surface area contributed by atoms with Crippen LogP contribution in [0.3, 0.4) is 0 Å². The Labute approximate surface area is 99.2 Å². The summed E-state index contributed by atoms with van der Waals surface area (Å²) in [6, 6.07) is 2.86. The van der Waals surface area contributed by atoms with Crippen LogP contribution < -0.4 is 0 Å². The highest BCUT2D eigenvalue weighted by molar-refractivity contribution is 7.13. The van der Waals surface area contributed by atoms with Crippen LogP contribution in [0.25, 0.3) is 0 Å². The number of ether oxygens (including phenoxy) is 1. The molecule has 0 atom stereocenters. The predicted octanol–water partition coefficient (Wildman–Crippen LogP) is 1.74. The van der Waals surface area contributed by atoms with E-state index in [1.54, 1.807) is 5.38 Å². The summed E-state index contributed by atoms with van der Waals surface area (Å²) in [5, 5.41) is 18.1. The lowest BCUT2D eigenvalue weighted by Crippen LogP contribution is -2.05. The van der Waals surface area contributed by atoms with Gasteiger partial charge in [0.1, 0.15) is 12.3 Å². The number of hydrogen-bond acceptors (Lipinski definition) is 6. The Balaban J connectivity index is 1.93. The van der Waals surface area contributed by atoms with Crippen LogP contribution in [-0.4, -0.2) is 21.1 Å². The molecule has 0 amide bonds. The number of carbonyl (C=O) groups excluding carboxylic acids is 1.